The van der Waals surface area contributed by atoms with Crippen molar-refractivity contribution in [2.75, 3.05) is 13.2 Å². The van der Waals surface area contributed by atoms with Gasteiger partial charge in [0.1, 0.15) is 13.2 Å². The van der Waals surface area contributed by atoms with Crippen LogP contribution in [0.4, 0.5) is 0 Å². The Morgan fingerprint density at radius 1 is 0.311 bits per heavy atom. The van der Waals surface area contributed by atoms with E-state index in [9.17, 15) is 14.4 Å². The summed E-state index contributed by atoms with van der Waals surface area (Å²) in [5, 5.41) is 0. The molecule has 0 amide bonds. The molecule has 0 saturated heterocycles. The van der Waals surface area contributed by atoms with Gasteiger partial charge >= 0.3 is 17.9 Å². The molecule has 6 heteroatoms. The third-order valence-corrected chi connectivity index (χ3v) is 12.5. The second kappa shape index (κ2) is 47.9. The molecule has 0 radical (unpaired) electrons. The van der Waals surface area contributed by atoms with Gasteiger partial charge in [-0.1, -0.05) is 266 Å². The van der Waals surface area contributed by atoms with E-state index in [1.807, 2.05) is 0 Å². The molecule has 61 heavy (non-hydrogen) atoms. The molecule has 0 aromatic heterocycles. The van der Waals surface area contributed by atoms with Crippen LogP contribution >= 0.6 is 0 Å². The highest BCUT2D eigenvalue weighted by atomic mass is 16.6. The number of unbranched alkanes of at least 4 members (excludes halogenated alkanes) is 34. The molecule has 0 aliphatic rings. The van der Waals surface area contributed by atoms with Crippen molar-refractivity contribution >= 4 is 17.9 Å². The van der Waals surface area contributed by atoms with Crippen molar-refractivity contribution in [1.29, 1.82) is 0 Å². The molecule has 0 bridgehead atoms. The van der Waals surface area contributed by atoms with E-state index in [-0.39, 0.29) is 31.1 Å². The number of esters is 3. The summed E-state index contributed by atoms with van der Waals surface area (Å²) < 4.78 is 16.8. The number of ether oxygens (including phenoxy) is 3. The fourth-order valence-corrected chi connectivity index (χ4v) is 8.34. The van der Waals surface area contributed by atoms with Gasteiger partial charge in [0.05, 0.1) is 0 Å². The number of rotatable bonds is 49. The maximum atomic E-state index is 12.7. The summed E-state index contributed by atoms with van der Waals surface area (Å²) in [6.45, 7) is 11.4. The summed E-state index contributed by atoms with van der Waals surface area (Å²) in [7, 11) is 0. The lowest BCUT2D eigenvalue weighted by Gasteiger charge is -2.18. The fourth-order valence-electron chi connectivity index (χ4n) is 8.34. The van der Waals surface area contributed by atoms with Crippen molar-refractivity contribution in [3.05, 3.63) is 0 Å². The van der Waals surface area contributed by atoms with Crippen LogP contribution in [0.3, 0.4) is 0 Å². The summed E-state index contributed by atoms with van der Waals surface area (Å²) in [5.41, 5.74) is 0. The molecule has 0 heterocycles. The number of hydrogen-bond donors (Lipinski definition) is 0. The largest absolute Gasteiger partial charge is 0.462 e. The van der Waals surface area contributed by atoms with Crippen LogP contribution in [0, 0.1) is 11.8 Å². The number of carbonyl (C=O) groups excluding carboxylic acids is 3. The van der Waals surface area contributed by atoms with E-state index >= 15 is 0 Å². The van der Waals surface area contributed by atoms with Gasteiger partial charge in [-0.25, -0.2) is 0 Å². The maximum absolute atomic E-state index is 12.7. The van der Waals surface area contributed by atoms with Gasteiger partial charge in [-0.15, -0.1) is 0 Å². The summed E-state index contributed by atoms with van der Waals surface area (Å²) in [4.78, 5) is 37.8. The van der Waals surface area contributed by atoms with E-state index in [2.05, 4.69) is 34.6 Å². The van der Waals surface area contributed by atoms with E-state index in [4.69, 9.17) is 14.2 Å². The monoisotopic (exact) mass is 863 g/mol. The molecule has 0 N–H and O–H groups in total. The summed E-state index contributed by atoms with van der Waals surface area (Å²) in [6, 6.07) is 0. The van der Waals surface area contributed by atoms with Crippen molar-refractivity contribution in [1.82, 2.24) is 0 Å². The second-order valence-electron chi connectivity index (χ2n) is 19.8. The van der Waals surface area contributed by atoms with E-state index in [1.54, 1.807) is 0 Å². The fraction of sp³-hybridized carbons (Fsp3) is 0.945. The second-order valence-corrected chi connectivity index (χ2v) is 19.8. The minimum Gasteiger partial charge on any atom is -0.462 e. The van der Waals surface area contributed by atoms with E-state index in [1.165, 1.54) is 193 Å². The molecule has 362 valence electrons. The van der Waals surface area contributed by atoms with Crippen molar-refractivity contribution in [3.63, 3.8) is 0 Å². The van der Waals surface area contributed by atoms with Crippen LogP contribution in [-0.2, 0) is 28.6 Å². The van der Waals surface area contributed by atoms with Gasteiger partial charge in [0, 0.05) is 19.3 Å². The van der Waals surface area contributed by atoms with Crippen LogP contribution in [-0.4, -0.2) is 37.2 Å². The first-order valence-electron chi connectivity index (χ1n) is 27.2. The minimum absolute atomic E-state index is 0.0638. The first-order valence-corrected chi connectivity index (χ1v) is 27.2. The van der Waals surface area contributed by atoms with Crippen molar-refractivity contribution in [2.45, 2.75) is 310 Å². The zero-order valence-corrected chi connectivity index (χ0v) is 41.8. The van der Waals surface area contributed by atoms with Gasteiger partial charge < -0.3 is 14.2 Å². The molecule has 0 aromatic rings. The van der Waals surface area contributed by atoms with E-state index < -0.39 is 6.10 Å². The predicted octanol–water partition coefficient (Wildman–Crippen LogP) is 17.7. The molecule has 0 spiro atoms. The van der Waals surface area contributed by atoms with Crippen molar-refractivity contribution in [3.8, 4) is 0 Å². The van der Waals surface area contributed by atoms with Crippen LogP contribution < -0.4 is 0 Å². The van der Waals surface area contributed by atoms with E-state index in [0.717, 1.165) is 69.6 Å². The minimum atomic E-state index is -0.760. The molecule has 6 nitrogen and oxygen atoms in total. The third kappa shape index (κ3) is 49.3. The Kier molecular flexibility index (Phi) is 46.6. The Morgan fingerprint density at radius 2 is 0.541 bits per heavy atom. The highest BCUT2D eigenvalue weighted by Gasteiger charge is 2.19. The first-order chi connectivity index (χ1) is 29.7. The number of carbonyl (C=O) groups is 3. The smallest absolute Gasteiger partial charge is 0.306 e. The lowest BCUT2D eigenvalue weighted by atomic mass is 10.0. The topological polar surface area (TPSA) is 78.9 Å². The molecular formula is C55H106O6. The van der Waals surface area contributed by atoms with Crippen LogP contribution in [0.1, 0.15) is 304 Å². The SMILES string of the molecule is CCCCCCCCCC(=O)O[C@H](COC(=O)CCCCCCCCCCCCCCCCCCCCC(C)C)COC(=O)CCCCCCCCCCCCCCC(C)C. The molecule has 0 fully saturated rings. The zero-order valence-electron chi connectivity index (χ0n) is 41.8. The Balaban J connectivity index is 4.10. The average molecular weight is 863 g/mol. The van der Waals surface area contributed by atoms with Crippen LogP contribution in [0.2, 0.25) is 0 Å². The Hall–Kier alpha value is -1.59. The Bertz CT molecular complexity index is 931. The van der Waals surface area contributed by atoms with Crippen LogP contribution in [0.5, 0.6) is 0 Å². The quantitative estimate of drug-likeness (QED) is 0.0344. The Morgan fingerprint density at radius 3 is 0.803 bits per heavy atom. The molecule has 0 saturated carbocycles. The first kappa shape index (κ1) is 59.4. The molecule has 0 rings (SSSR count). The molecule has 0 aliphatic carbocycles. The summed E-state index contributed by atoms with van der Waals surface area (Å²) in [6.07, 6.45) is 49.7. The molecular weight excluding hydrogens is 757 g/mol. The van der Waals surface area contributed by atoms with Gasteiger partial charge in [0.15, 0.2) is 6.10 Å². The summed E-state index contributed by atoms with van der Waals surface area (Å²) in [5.74, 6) is 0.841. The van der Waals surface area contributed by atoms with Gasteiger partial charge in [-0.3, -0.25) is 14.4 Å². The molecule has 0 aromatic carbocycles. The summed E-state index contributed by atoms with van der Waals surface area (Å²) >= 11 is 0. The lowest BCUT2D eigenvalue weighted by molar-refractivity contribution is -0.167. The van der Waals surface area contributed by atoms with Crippen LogP contribution in [0.25, 0.3) is 0 Å². The average Bonchev–Trinajstić information content (AvgIpc) is 3.23. The Labute approximate surface area is 380 Å². The molecule has 0 aliphatic heterocycles. The standard InChI is InChI=1S/C55H106O6/c1-6-7-8-9-28-37-42-47-55(58)61-52(49-60-54(57)46-41-36-32-27-23-19-18-21-25-30-34-39-44-51(4)5)48-59-53(56)45-40-35-31-26-22-17-15-13-11-10-12-14-16-20-24-29-33-38-43-50(2)3/h50-52H,6-49H2,1-5H3/t52-/m1/s1. The molecule has 0 unspecified atom stereocenters. The van der Waals surface area contributed by atoms with Crippen molar-refractivity contribution in [2.24, 2.45) is 11.8 Å². The van der Waals surface area contributed by atoms with Gasteiger partial charge in [0.2, 0.25) is 0 Å². The van der Waals surface area contributed by atoms with Gasteiger partial charge in [-0.05, 0) is 31.1 Å². The zero-order chi connectivity index (χ0) is 44.7. The normalized spacial score (nSPS) is 12.0. The lowest BCUT2D eigenvalue weighted by Crippen LogP contribution is -2.30. The highest BCUT2D eigenvalue weighted by molar-refractivity contribution is 5.71. The predicted molar refractivity (Wildman–Crippen MR) is 261 cm³/mol. The maximum Gasteiger partial charge on any atom is 0.306 e. The third-order valence-electron chi connectivity index (χ3n) is 12.5. The van der Waals surface area contributed by atoms with Crippen LogP contribution in [0.15, 0.2) is 0 Å². The van der Waals surface area contributed by atoms with E-state index in [0.29, 0.717) is 19.3 Å². The van der Waals surface area contributed by atoms with Gasteiger partial charge in [0.25, 0.3) is 0 Å². The molecule has 1 atom stereocenters. The van der Waals surface area contributed by atoms with Gasteiger partial charge in [-0.2, -0.15) is 0 Å². The highest BCUT2D eigenvalue weighted by Crippen LogP contribution is 2.18. The number of hydrogen-bond acceptors (Lipinski definition) is 6. The van der Waals surface area contributed by atoms with Crippen molar-refractivity contribution < 1.29 is 28.6 Å².